The number of aliphatic hydroxyl groups is 1. The van der Waals surface area contributed by atoms with Gasteiger partial charge in [0.2, 0.25) is 6.23 Å². The SMILES string of the molecule is CN(C)CCOC(=O)Nc1ccn(C2OC(CO)CC2(F)F)c(=O)n1. The van der Waals surface area contributed by atoms with Gasteiger partial charge in [0.05, 0.1) is 12.7 Å². The summed E-state index contributed by atoms with van der Waals surface area (Å²) in [6.45, 7) is 0.0792. The molecule has 0 aliphatic carbocycles. The Morgan fingerprint density at radius 3 is 2.88 bits per heavy atom. The fourth-order valence-corrected chi connectivity index (χ4v) is 2.23. The maximum atomic E-state index is 13.9. The second kappa shape index (κ2) is 7.85. The first-order chi connectivity index (χ1) is 11.7. The lowest BCUT2D eigenvalue weighted by Gasteiger charge is -2.19. The number of hydrogen-bond acceptors (Lipinski definition) is 7. The number of ether oxygens (including phenoxy) is 2. The maximum Gasteiger partial charge on any atom is 0.412 e. The summed E-state index contributed by atoms with van der Waals surface area (Å²) in [4.78, 5) is 28.9. The van der Waals surface area contributed by atoms with E-state index >= 15 is 0 Å². The lowest BCUT2D eigenvalue weighted by Crippen LogP contribution is -2.35. The minimum absolute atomic E-state index is 0.129. The molecule has 0 saturated carbocycles. The van der Waals surface area contributed by atoms with Gasteiger partial charge in [0.25, 0.3) is 5.92 Å². The van der Waals surface area contributed by atoms with Crippen LogP contribution < -0.4 is 11.0 Å². The number of rotatable bonds is 6. The number of likely N-dealkylation sites (N-methyl/N-ethyl adjacent to an activating group) is 1. The van der Waals surface area contributed by atoms with Crippen molar-refractivity contribution in [3.63, 3.8) is 0 Å². The van der Waals surface area contributed by atoms with E-state index in [1.807, 2.05) is 19.0 Å². The minimum atomic E-state index is -3.32. The van der Waals surface area contributed by atoms with Crippen molar-refractivity contribution in [2.45, 2.75) is 24.7 Å². The van der Waals surface area contributed by atoms with Gasteiger partial charge in [-0.15, -0.1) is 0 Å². The number of nitrogens with one attached hydrogen (secondary N) is 1. The topological polar surface area (TPSA) is 106 Å². The predicted octanol–water partition coefficient (Wildman–Crippen LogP) is 0.268. The van der Waals surface area contributed by atoms with Gasteiger partial charge in [-0.1, -0.05) is 0 Å². The summed E-state index contributed by atoms with van der Waals surface area (Å²) >= 11 is 0. The van der Waals surface area contributed by atoms with E-state index in [1.54, 1.807) is 0 Å². The number of amides is 1. The Morgan fingerprint density at radius 2 is 2.32 bits per heavy atom. The molecule has 9 nitrogen and oxygen atoms in total. The van der Waals surface area contributed by atoms with Crippen LogP contribution in [0.15, 0.2) is 17.1 Å². The highest BCUT2D eigenvalue weighted by Gasteiger charge is 2.51. The highest BCUT2D eigenvalue weighted by atomic mass is 19.3. The van der Waals surface area contributed by atoms with Gasteiger partial charge in [-0.2, -0.15) is 4.98 Å². The van der Waals surface area contributed by atoms with E-state index in [9.17, 15) is 18.4 Å². The van der Waals surface area contributed by atoms with E-state index in [2.05, 4.69) is 10.3 Å². The monoisotopic (exact) mass is 362 g/mol. The van der Waals surface area contributed by atoms with Crippen LogP contribution in [0.5, 0.6) is 0 Å². The van der Waals surface area contributed by atoms with E-state index in [4.69, 9.17) is 14.6 Å². The van der Waals surface area contributed by atoms with Gasteiger partial charge in [0, 0.05) is 19.2 Å². The van der Waals surface area contributed by atoms with Crippen LogP contribution in [0.4, 0.5) is 19.4 Å². The zero-order valence-corrected chi connectivity index (χ0v) is 13.8. The number of hydrogen-bond donors (Lipinski definition) is 2. The van der Waals surface area contributed by atoms with E-state index in [0.717, 1.165) is 6.20 Å². The number of alkyl halides is 2. The van der Waals surface area contributed by atoms with Crippen molar-refractivity contribution in [2.75, 3.05) is 39.2 Å². The number of aromatic nitrogens is 2. The molecule has 1 aliphatic heterocycles. The highest BCUT2D eigenvalue weighted by Crippen LogP contribution is 2.41. The number of nitrogens with zero attached hydrogens (tertiary/aromatic N) is 3. The van der Waals surface area contributed by atoms with Crippen molar-refractivity contribution in [1.29, 1.82) is 0 Å². The molecule has 2 atom stereocenters. The van der Waals surface area contributed by atoms with E-state index in [-0.39, 0.29) is 12.4 Å². The second-order valence-electron chi connectivity index (χ2n) is 5.83. The third-order valence-corrected chi connectivity index (χ3v) is 3.47. The molecule has 1 aromatic heterocycles. The molecule has 25 heavy (non-hydrogen) atoms. The van der Waals surface area contributed by atoms with Gasteiger partial charge in [-0.25, -0.2) is 18.4 Å². The van der Waals surface area contributed by atoms with Crippen LogP contribution in [0.2, 0.25) is 0 Å². The van der Waals surface area contributed by atoms with E-state index < -0.39 is 43.1 Å². The van der Waals surface area contributed by atoms with Crippen molar-refractivity contribution in [1.82, 2.24) is 14.5 Å². The molecule has 1 saturated heterocycles. The van der Waals surface area contributed by atoms with Crippen molar-refractivity contribution >= 4 is 11.9 Å². The first-order valence-corrected chi connectivity index (χ1v) is 7.55. The fraction of sp³-hybridized carbons (Fsp3) is 0.643. The van der Waals surface area contributed by atoms with Gasteiger partial charge >= 0.3 is 11.8 Å². The van der Waals surface area contributed by atoms with E-state index in [0.29, 0.717) is 11.1 Å². The molecule has 2 N–H and O–H groups in total. The molecule has 2 rings (SSSR count). The molecule has 0 spiro atoms. The summed E-state index contributed by atoms with van der Waals surface area (Å²) < 4.78 is 38.3. The van der Waals surface area contributed by atoms with Crippen LogP contribution in [-0.2, 0) is 9.47 Å². The quantitative estimate of drug-likeness (QED) is 0.748. The van der Waals surface area contributed by atoms with Gasteiger partial charge in [0.15, 0.2) is 0 Å². The van der Waals surface area contributed by atoms with Crippen LogP contribution in [0.1, 0.15) is 12.6 Å². The average Bonchev–Trinajstić information content (AvgIpc) is 2.82. The lowest BCUT2D eigenvalue weighted by molar-refractivity contribution is -0.120. The minimum Gasteiger partial charge on any atom is -0.448 e. The largest absolute Gasteiger partial charge is 0.448 e. The van der Waals surface area contributed by atoms with Crippen LogP contribution in [0, 0.1) is 0 Å². The van der Waals surface area contributed by atoms with E-state index in [1.165, 1.54) is 6.07 Å². The Kier molecular flexibility index (Phi) is 6.03. The fourth-order valence-electron chi connectivity index (χ4n) is 2.23. The zero-order valence-electron chi connectivity index (χ0n) is 13.8. The van der Waals surface area contributed by atoms with Crippen molar-refractivity contribution in [3.05, 3.63) is 22.7 Å². The first-order valence-electron chi connectivity index (χ1n) is 7.55. The molecule has 140 valence electrons. The molecule has 0 bridgehead atoms. The predicted molar refractivity (Wildman–Crippen MR) is 82.6 cm³/mol. The Morgan fingerprint density at radius 1 is 1.60 bits per heavy atom. The lowest BCUT2D eigenvalue weighted by atomic mass is 10.2. The Bertz CT molecular complexity index is 667. The Hall–Kier alpha value is -2.11. The number of aliphatic hydroxyl groups excluding tert-OH is 1. The van der Waals surface area contributed by atoms with Crippen LogP contribution in [0.3, 0.4) is 0 Å². The molecule has 11 heteroatoms. The number of anilines is 1. The third-order valence-electron chi connectivity index (χ3n) is 3.47. The van der Waals surface area contributed by atoms with Crippen LogP contribution >= 0.6 is 0 Å². The average molecular weight is 362 g/mol. The molecule has 1 aliphatic rings. The number of carbonyl (C=O) groups excluding carboxylic acids is 1. The summed E-state index contributed by atoms with van der Waals surface area (Å²) in [7, 11) is 3.62. The maximum absolute atomic E-state index is 13.9. The molecular weight excluding hydrogens is 342 g/mol. The summed E-state index contributed by atoms with van der Waals surface area (Å²) in [6.07, 6.45) is -3.38. The van der Waals surface area contributed by atoms with Gasteiger partial charge < -0.3 is 19.5 Å². The van der Waals surface area contributed by atoms with Crippen molar-refractivity contribution in [2.24, 2.45) is 0 Å². The second-order valence-corrected chi connectivity index (χ2v) is 5.83. The molecule has 0 radical (unpaired) electrons. The molecule has 1 amide bonds. The summed E-state index contributed by atoms with van der Waals surface area (Å²) in [5.74, 6) is -3.45. The van der Waals surface area contributed by atoms with Crippen molar-refractivity contribution < 1.29 is 28.2 Å². The summed E-state index contributed by atoms with van der Waals surface area (Å²) in [5, 5.41) is 11.2. The normalized spacial score (nSPS) is 22.2. The van der Waals surface area contributed by atoms with Crippen LogP contribution in [0.25, 0.3) is 0 Å². The molecule has 2 unspecified atom stereocenters. The van der Waals surface area contributed by atoms with Crippen LogP contribution in [-0.4, -0.2) is 71.5 Å². The molecule has 0 aromatic carbocycles. The Balaban J connectivity index is 2.03. The highest BCUT2D eigenvalue weighted by molar-refractivity contribution is 5.83. The van der Waals surface area contributed by atoms with Gasteiger partial charge in [0.1, 0.15) is 12.4 Å². The first kappa shape index (κ1) is 19.2. The molecule has 1 aromatic rings. The summed E-state index contributed by atoms with van der Waals surface area (Å²) in [5.41, 5.74) is -1.02. The smallest absolute Gasteiger partial charge is 0.412 e. The Labute approximate surface area is 142 Å². The number of carbonyl (C=O) groups is 1. The number of halogens is 2. The van der Waals surface area contributed by atoms with Gasteiger partial charge in [-0.3, -0.25) is 9.88 Å². The zero-order chi connectivity index (χ0) is 18.6. The van der Waals surface area contributed by atoms with Gasteiger partial charge in [-0.05, 0) is 20.2 Å². The van der Waals surface area contributed by atoms with Crippen molar-refractivity contribution in [3.8, 4) is 0 Å². The third kappa shape index (κ3) is 4.94. The molecule has 1 fully saturated rings. The molecular formula is C14H20F2N4O5. The standard InChI is InChI=1S/C14H20F2N4O5/c1-19(2)5-6-24-13(23)18-10-3-4-20(12(22)17-10)11-14(15,16)7-9(8-21)25-11/h3-4,9,11,21H,5-8H2,1-2H3,(H,17,18,22,23). The summed E-state index contributed by atoms with van der Waals surface area (Å²) in [6, 6.07) is 1.18. The molecule has 2 heterocycles.